The Labute approximate surface area is 92.8 Å². The fraction of sp³-hybridized carbons (Fsp3) is 0.667. The van der Waals surface area contributed by atoms with Crippen molar-refractivity contribution in [3.05, 3.63) is 0 Å². The van der Waals surface area contributed by atoms with E-state index in [-0.39, 0.29) is 18.1 Å². The van der Waals surface area contributed by atoms with Gasteiger partial charge in [0.15, 0.2) is 0 Å². The van der Waals surface area contributed by atoms with Gasteiger partial charge in [0.05, 0.1) is 18.2 Å². The first-order chi connectivity index (χ1) is 7.11. The lowest BCUT2D eigenvalue weighted by Crippen LogP contribution is -2.28. The van der Waals surface area contributed by atoms with Crippen molar-refractivity contribution in [2.45, 2.75) is 25.0 Å². The second-order valence-electron chi connectivity index (χ2n) is 2.80. The number of amides is 1. The molecule has 0 aliphatic carbocycles. The molecule has 0 aliphatic rings. The maximum absolute atomic E-state index is 11.1. The second kappa shape index (κ2) is 8.12. The molecule has 1 atom stereocenters. The maximum atomic E-state index is 11.1. The molecular weight excluding hydrogens is 216 g/mol. The molecular formula is C9H14N2O3S. The first kappa shape index (κ1) is 13.8. The van der Waals surface area contributed by atoms with E-state index in [1.54, 1.807) is 6.92 Å². The number of nitrogens with one attached hydrogen (secondary N) is 1. The number of carboxylic acids is 1. The van der Waals surface area contributed by atoms with E-state index >= 15 is 0 Å². The van der Waals surface area contributed by atoms with Crippen LogP contribution in [0.15, 0.2) is 0 Å². The summed E-state index contributed by atoms with van der Waals surface area (Å²) in [7, 11) is 0. The summed E-state index contributed by atoms with van der Waals surface area (Å²) in [6.45, 7) is 2.08. The van der Waals surface area contributed by atoms with Crippen LogP contribution in [0.5, 0.6) is 0 Å². The fourth-order valence-corrected chi connectivity index (χ4v) is 1.68. The smallest absolute Gasteiger partial charge is 0.316 e. The second-order valence-corrected chi connectivity index (χ2v) is 4.00. The van der Waals surface area contributed by atoms with Crippen molar-refractivity contribution in [3.8, 4) is 6.07 Å². The summed E-state index contributed by atoms with van der Waals surface area (Å²) >= 11 is 1.10. The Bertz CT molecular complexity index is 263. The highest BCUT2D eigenvalue weighted by molar-refractivity contribution is 8.01. The molecule has 0 aromatic rings. The van der Waals surface area contributed by atoms with Crippen molar-refractivity contribution < 1.29 is 14.7 Å². The number of carbonyl (C=O) groups excluding carboxylic acids is 1. The third kappa shape index (κ3) is 6.80. The first-order valence-electron chi connectivity index (χ1n) is 4.59. The number of nitriles is 1. The summed E-state index contributed by atoms with van der Waals surface area (Å²) in [6.07, 6.45) is 0.762. The molecule has 0 bridgehead atoms. The van der Waals surface area contributed by atoms with Gasteiger partial charge in [-0.05, 0) is 6.42 Å². The van der Waals surface area contributed by atoms with Gasteiger partial charge in [0.1, 0.15) is 5.25 Å². The normalized spacial score (nSPS) is 11.5. The Morgan fingerprint density at radius 3 is 2.73 bits per heavy atom. The zero-order valence-corrected chi connectivity index (χ0v) is 9.34. The number of thioether (sulfide) groups is 1. The highest BCUT2D eigenvalue weighted by Crippen LogP contribution is 2.13. The predicted molar refractivity (Wildman–Crippen MR) is 57.4 cm³/mol. The zero-order chi connectivity index (χ0) is 11.7. The molecule has 15 heavy (non-hydrogen) atoms. The fourth-order valence-electron chi connectivity index (χ4n) is 0.849. The molecule has 0 heterocycles. The molecule has 5 nitrogen and oxygen atoms in total. The van der Waals surface area contributed by atoms with Crippen LogP contribution in [0.4, 0.5) is 0 Å². The monoisotopic (exact) mass is 230 g/mol. The average Bonchev–Trinajstić information content (AvgIpc) is 2.18. The quantitative estimate of drug-likeness (QED) is 0.625. The van der Waals surface area contributed by atoms with Crippen LogP contribution in [0, 0.1) is 11.3 Å². The third-order valence-corrected chi connectivity index (χ3v) is 2.99. The van der Waals surface area contributed by atoms with Gasteiger partial charge in [-0.2, -0.15) is 5.26 Å². The molecule has 6 heteroatoms. The lowest BCUT2D eigenvalue weighted by Gasteiger charge is -2.08. The molecule has 1 amide bonds. The molecule has 0 rings (SSSR count). The van der Waals surface area contributed by atoms with Crippen molar-refractivity contribution in [1.29, 1.82) is 5.26 Å². The van der Waals surface area contributed by atoms with Crippen molar-refractivity contribution >= 4 is 23.6 Å². The van der Waals surface area contributed by atoms with Crippen LogP contribution in [-0.2, 0) is 9.59 Å². The molecule has 0 fully saturated rings. The first-order valence-corrected chi connectivity index (χ1v) is 5.64. The number of nitrogens with zero attached hydrogens (tertiary/aromatic N) is 1. The number of aliphatic carboxylic acids is 1. The minimum Gasteiger partial charge on any atom is -0.480 e. The molecule has 1 unspecified atom stereocenters. The van der Waals surface area contributed by atoms with Gasteiger partial charge in [-0.15, -0.1) is 11.8 Å². The minimum atomic E-state index is -0.896. The Morgan fingerprint density at radius 2 is 2.27 bits per heavy atom. The van der Waals surface area contributed by atoms with Crippen LogP contribution < -0.4 is 5.32 Å². The standard InChI is InChI=1S/C9H14N2O3S/c1-2-7(9(13)14)15-6-8(12)11-5-3-4-10/h7H,2-3,5-6H2,1H3,(H,11,12)(H,13,14). The van der Waals surface area contributed by atoms with Crippen LogP contribution in [0.2, 0.25) is 0 Å². The molecule has 0 radical (unpaired) electrons. The van der Waals surface area contributed by atoms with E-state index in [2.05, 4.69) is 5.32 Å². The number of carboxylic acid groups (broad SMARTS) is 1. The molecule has 0 aromatic heterocycles. The molecule has 0 saturated carbocycles. The van der Waals surface area contributed by atoms with E-state index in [1.807, 2.05) is 6.07 Å². The zero-order valence-electron chi connectivity index (χ0n) is 8.52. The topological polar surface area (TPSA) is 90.2 Å². The van der Waals surface area contributed by atoms with Crippen molar-refractivity contribution in [1.82, 2.24) is 5.32 Å². The number of rotatable bonds is 7. The third-order valence-electron chi connectivity index (χ3n) is 1.62. The lowest BCUT2D eigenvalue weighted by molar-refractivity contribution is -0.136. The Morgan fingerprint density at radius 1 is 1.60 bits per heavy atom. The summed E-state index contributed by atoms with van der Waals surface area (Å²) in [5.41, 5.74) is 0. The lowest BCUT2D eigenvalue weighted by atomic mass is 10.3. The molecule has 84 valence electrons. The number of hydrogen-bond donors (Lipinski definition) is 2. The summed E-state index contributed by atoms with van der Waals surface area (Å²) in [5, 5.41) is 18.9. The highest BCUT2D eigenvalue weighted by atomic mass is 32.2. The van der Waals surface area contributed by atoms with Gasteiger partial charge in [-0.1, -0.05) is 6.92 Å². The summed E-state index contributed by atoms with van der Waals surface area (Å²) < 4.78 is 0. The van der Waals surface area contributed by atoms with Gasteiger partial charge in [0.2, 0.25) is 5.91 Å². The molecule has 2 N–H and O–H groups in total. The van der Waals surface area contributed by atoms with Crippen LogP contribution in [-0.4, -0.2) is 34.5 Å². The summed E-state index contributed by atoms with van der Waals surface area (Å²) in [5.74, 6) is -1.00. The van der Waals surface area contributed by atoms with Gasteiger partial charge in [-0.25, -0.2) is 0 Å². The van der Waals surface area contributed by atoms with Crippen LogP contribution in [0.25, 0.3) is 0 Å². The Kier molecular flexibility index (Phi) is 7.46. The molecule has 0 aliphatic heterocycles. The van der Waals surface area contributed by atoms with E-state index in [0.29, 0.717) is 13.0 Å². The van der Waals surface area contributed by atoms with Gasteiger partial charge >= 0.3 is 5.97 Å². The summed E-state index contributed by atoms with van der Waals surface area (Å²) in [6, 6.07) is 1.90. The van der Waals surface area contributed by atoms with E-state index in [1.165, 1.54) is 0 Å². The van der Waals surface area contributed by atoms with Crippen molar-refractivity contribution in [2.75, 3.05) is 12.3 Å². The molecule has 0 spiro atoms. The van der Waals surface area contributed by atoms with E-state index in [0.717, 1.165) is 11.8 Å². The van der Waals surface area contributed by atoms with Crippen molar-refractivity contribution in [2.24, 2.45) is 0 Å². The number of carbonyl (C=O) groups is 2. The maximum Gasteiger partial charge on any atom is 0.316 e. The van der Waals surface area contributed by atoms with Crippen LogP contribution in [0.3, 0.4) is 0 Å². The summed E-state index contributed by atoms with van der Waals surface area (Å²) in [4.78, 5) is 21.7. The highest BCUT2D eigenvalue weighted by Gasteiger charge is 2.16. The van der Waals surface area contributed by atoms with E-state index < -0.39 is 11.2 Å². The number of hydrogen-bond acceptors (Lipinski definition) is 4. The van der Waals surface area contributed by atoms with E-state index in [4.69, 9.17) is 10.4 Å². The average molecular weight is 230 g/mol. The van der Waals surface area contributed by atoms with Crippen LogP contribution in [0.1, 0.15) is 19.8 Å². The van der Waals surface area contributed by atoms with Gasteiger partial charge in [0, 0.05) is 6.54 Å². The Balaban J connectivity index is 3.70. The van der Waals surface area contributed by atoms with Crippen LogP contribution >= 0.6 is 11.8 Å². The van der Waals surface area contributed by atoms with E-state index in [9.17, 15) is 9.59 Å². The molecule has 0 aromatic carbocycles. The van der Waals surface area contributed by atoms with Gasteiger partial charge in [-0.3, -0.25) is 9.59 Å². The largest absolute Gasteiger partial charge is 0.480 e. The Hall–Kier alpha value is -1.22. The van der Waals surface area contributed by atoms with Crippen molar-refractivity contribution in [3.63, 3.8) is 0 Å². The predicted octanol–water partition coefficient (Wildman–Crippen LogP) is 0.613. The SMILES string of the molecule is CCC(SCC(=O)NCCC#N)C(=O)O. The molecule has 0 saturated heterocycles. The van der Waals surface area contributed by atoms with Gasteiger partial charge in [0.25, 0.3) is 0 Å². The van der Waals surface area contributed by atoms with Gasteiger partial charge < -0.3 is 10.4 Å². The minimum absolute atomic E-state index is 0.121.